The molecule has 18 heavy (non-hydrogen) atoms. The molecule has 0 aliphatic carbocycles. The Morgan fingerprint density at radius 2 is 2.33 bits per heavy atom. The molecule has 4 heteroatoms. The molecule has 1 fully saturated rings. The standard InChI is InChI=1S/C14H20FNO2/c1-3-16-12-6-7-17-9-14(12)18-13-8-11(15)5-4-10(13)2/h4-5,8,12,14,16H,3,6-7,9H2,1-2H3. The smallest absolute Gasteiger partial charge is 0.137 e. The zero-order chi connectivity index (χ0) is 13.0. The highest BCUT2D eigenvalue weighted by Gasteiger charge is 2.27. The quantitative estimate of drug-likeness (QED) is 0.893. The molecule has 1 aromatic carbocycles. The lowest BCUT2D eigenvalue weighted by Crippen LogP contribution is -2.49. The first-order valence-electron chi connectivity index (χ1n) is 6.44. The van der Waals surface area contributed by atoms with Gasteiger partial charge in [0.1, 0.15) is 17.7 Å². The number of nitrogens with one attached hydrogen (secondary N) is 1. The first kappa shape index (κ1) is 13.3. The van der Waals surface area contributed by atoms with E-state index in [-0.39, 0.29) is 18.0 Å². The Labute approximate surface area is 107 Å². The van der Waals surface area contributed by atoms with Gasteiger partial charge in [-0.3, -0.25) is 0 Å². The summed E-state index contributed by atoms with van der Waals surface area (Å²) in [5, 5.41) is 3.39. The van der Waals surface area contributed by atoms with Crippen LogP contribution in [0, 0.1) is 12.7 Å². The van der Waals surface area contributed by atoms with Gasteiger partial charge in [-0.25, -0.2) is 4.39 Å². The maximum atomic E-state index is 13.2. The van der Waals surface area contributed by atoms with Crippen molar-refractivity contribution < 1.29 is 13.9 Å². The molecule has 0 radical (unpaired) electrons. The van der Waals surface area contributed by atoms with E-state index in [4.69, 9.17) is 9.47 Å². The van der Waals surface area contributed by atoms with Crippen LogP contribution in [0.5, 0.6) is 5.75 Å². The van der Waals surface area contributed by atoms with Gasteiger partial charge in [0, 0.05) is 18.7 Å². The highest BCUT2D eigenvalue weighted by atomic mass is 19.1. The largest absolute Gasteiger partial charge is 0.486 e. The van der Waals surface area contributed by atoms with E-state index in [1.807, 2.05) is 6.92 Å². The lowest BCUT2D eigenvalue weighted by atomic mass is 10.1. The summed E-state index contributed by atoms with van der Waals surface area (Å²) in [5.74, 6) is 0.334. The minimum atomic E-state index is -0.271. The highest BCUT2D eigenvalue weighted by molar-refractivity contribution is 5.33. The average Bonchev–Trinajstić information content (AvgIpc) is 2.36. The molecule has 100 valence electrons. The van der Waals surface area contributed by atoms with Gasteiger partial charge in [-0.1, -0.05) is 13.0 Å². The topological polar surface area (TPSA) is 30.5 Å². The van der Waals surface area contributed by atoms with Crippen LogP contribution in [0.15, 0.2) is 18.2 Å². The first-order chi connectivity index (χ1) is 8.70. The average molecular weight is 253 g/mol. The van der Waals surface area contributed by atoms with Gasteiger partial charge in [-0.05, 0) is 31.5 Å². The van der Waals surface area contributed by atoms with Crippen LogP contribution < -0.4 is 10.1 Å². The second-order valence-corrected chi connectivity index (χ2v) is 4.59. The summed E-state index contributed by atoms with van der Waals surface area (Å²) in [5.41, 5.74) is 0.942. The third-order valence-corrected chi connectivity index (χ3v) is 3.20. The molecule has 0 amide bonds. The molecule has 0 saturated carbocycles. The third kappa shape index (κ3) is 3.21. The number of benzene rings is 1. The van der Waals surface area contributed by atoms with E-state index in [9.17, 15) is 4.39 Å². The van der Waals surface area contributed by atoms with Crippen LogP contribution in [-0.2, 0) is 4.74 Å². The SMILES string of the molecule is CCNC1CCOCC1Oc1cc(F)ccc1C. The van der Waals surface area contributed by atoms with Crippen molar-refractivity contribution in [1.29, 1.82) is 0 Å². The van der Waals surface area contributed by atoms with Crippen molar-refractivity contribution in [1.82, 2.24) is 5.32 Å². The summed E-state index contributed by atoms with van der Waals surface area (Å²) in [6, 6.07) is 4.89. The van der Waals surface area contributed by atoms with Crippen molar-refractivity contribution in [3.05, 3.63) is 29.6 Å². The van der Waals surface area contributed by atoms with Crippen LogP contribution >= 0.6 is 0 Å². The number of halogens is 1. The molecular weight excluding hydrogens is 233 g/mol. The Morgan fingerprint density at radius 3 is 3.11 bits per heavy atom. The second kappa shape index (κ2) is 6.16. The van der Waals surface area contributed by atoms with E-state index in [1.54, 1.807) is 6.07 Å². The minimum Gasteiger partial charge on any atom is -0.486 e. The predicted octanol–water partition coefficient (Wildman–Crippen LogP) is 2.28. The van der Waals surface area contributed by atoms with E-state index in [0.29, 0.717) is 12.4 Å². The maximum absolute atomic E-state index is 13.2. The van der Waals surface area contributed by atoms with Crippen LogP contribution in [0.2, 0.25) is 0 Å². The fourth-order valence-corrected chi connectivity index (χ4v) is 2.19. The van der Waals surface area contributed by atoms with Crippen LogP contribution in [0.4, 0.5) is 4.39 Å². The summed E-state index contributed by atoms with van der Waals surface area (Å²) in [4.78, 5) is 0. The predicted molar refractivity (Wildman–Crippen MR) is 68.5 cm³/mol. The number of likely N-dealkylation sites (N-methyl/N-ethyl adjacent to an activating group) is 1. The molecule has 0 spiro atoms. The van der Waals surface area contributed by atoms with Gasteiger partial charge in [0.05, 0.1) is 6.61 Å². The number of rotatable bonds is 4. The second-order valence-electron chi connectivity index (χ2n) is 4.59. The Balaban J connectivity index is 2.08. The molecule has 1 heterocycles. The molecule has 0 aromatic heterocycles. The molecule has 0 bridgehead atoms. The van der Waals surface area contributed by atoms with Gasteiger partial charge in [0.2, 0.25) is 0 Å². The Kier molecular flexibility index (Phi) is 4.55. The zero-order valence-corrected chi connectivity index (χ0v) is 10.9. The van der Waals surface area contributed by atoms with E-state index >= 15 is 0 Å². The molecule has 3 nitrogen and oxygen atoms in total. The van der Waals surface area contributed by atoms with Gasteiger partial charge in [0.25, 0.3) is 0 Å². The van der Waals surface area contributed by atoms with Gasteiger partial charge in [-0.2, -0.15) is 0 Å². The van der Waals surface area contributed by atoms with Crippen molar-refractivity contribution in [2.24, 2.45) is 0 Å². The molecule has 1 N–H and O–H groups in total. The summed E-state index contributed by atoms with van der Waals surface area (Å²) < 4.78 is 24.6. The van der Waals surface area contributed by atoms with Crippen molar-refractivity contribution in [2.45, 2.75) is 32.4 Å². The maximum Gasteiger partial charge on any atom is 0.137 e. The number of hydrogen-bond acceptors (Lipinski definition) is 3. The number of hydrogen-bond donors (Lipinski definition) is 1. The van der Waals surface area contributed by atoms with Crippen molar-refractivity contribution in [3.8, 4) is 5.75 Å². The van der Waals surface area contributed by atoms with Crippen molar-refractivity contribution in [2.75, 3.05) is 19.8 Å². The monoisotopic (exact) mass is 253 g/mol. The molecule has 1 aromatic rings. The summed E-state index contributed by atoms with van der Waals surface area (Å²) in [6.45, 7) is 6.18. The van der Waals surface area contributed by atoms with Crippen LogP contribution in [-0.4, -0.2) is 31.9 Å². The first-order valence-corrected chi connectivity index (χ1v) is 6.44. The highest BCUT2D eigenvalue weighted by Crippen LogP contribution is 2.22. The fourth-order valence-electron chi connectivity index (χ4n) is 2.19. The lowest BCUT2D eigenvalue weighted by molar-refractivity contribution is -0.0146. The van der Waals surface area contributed by atoms with Gasteiger partial charge in [0.15, 0.2) is 0 Å². The van der Waals surface area contributed by atoms with Crippen molar-refractivity contribution in [3.63, 3.8) is 0 Å². The van der Waals surface area contributed by atoms with Gasteiger partial charge >= 0.3 is 0 Å². The van der Waals surface area contributed by atoms with E-state index in [2.05, 4.69) is 12.2 Å². The summed E-state index contributed by atoms with van der Waals surface area (Å²) >= 11 is 0. The molecule has 1 saturated heterocycles. The number of aryl methyl sites for hydroxylation is 1. The molecule has 1 aliphatic rings. The van der Waals surface area contributed by atoms with Crippen LogP contribution in [0.3, 0.4) is 0 Å². The zero-order valence-electron chi connectivity index (χ0n) is 10.9. The molecule has 2 atom stereocenters. The van der Waals surface area contributed by atoms with Crippen LogP contribution in [0.1, 0.15) is 18.9 Å². The molecule has 2 unspecified atom stereocenters. The minimum absolute atomic E-state index is 0.0563. The lowest BCUT2D eigenvalue weighted by Gasteiger charge is -2.32. The van der Waals surface area contributed by atoms with E-state index in [0.717, 1.165) is 25.1 Å². The Morgan fingerprint density at radius 1 is 1.50 bits per heavy atom. The Bertz CT molecular complexity index is 395. The fraction of sp³-hybridized carbons (Fsp3) is 0.571. The Hall–Kier alpha value is -1.13. The van der Waals surface area contributed by atoms with E-state index < -0.39 is 0 Å². The summed E-state index contributed by atoms with van der Waals surface area (Å²) in [7, 11) is 0. The molecule has 1 aliphatic heterocycles. The molecular formula is C14H20FNO2. The number of ether oxygens (including phenoxy) is 2. The summed E-state index contributed by atoms with van der Waals surface area (Å²) in [6.07, 6.45) is 0.867. The van der Waals surface area contributed by atoms with E-state index in [1.165, 1.54) is 12.1 Å². The van der Waals surface area contributed by atoms with Crippen molar-refractivity contribution >= 4 is 0 Å². The van der Waals surface area contributed by atoms with Gasteiger partial charge in [-0.15, -0.1) is 0 Å². The van der Waals surface area contributed by atoms with Crippen LogP contribution in [0.25, 0.3) is 0 Å². The van der Waals surface area contributed by atoms with Gasteiger partial charge < -0.3 is 14.8 Å². The third-order valence-electron chi connectivity index (χ3n) is 3.20. The normalized spacial score (nSPS) is 23.9. The molecule has 2 rings (SSSR count).